The third kappa shape index (κ3) is 5.61. The van der Waals surface area contributed by atoms with Crippen molar-refractivity contribution < 1.29 is 9.53 Å². The molecule has 0 spiro atoms. The summed E-state index contributed by atoms with van der Waals surface area (Å²) in [6.45, 7) is 9.02. The lowest BCUT2D eigenvalue weighted by Crippen LogP contribution is -2.26. The molecule has 0 aliphatic carbocycles. The zero-order valence-electron chi connectivity index (χ0n) is 12.8. The molecule has 112 valence electrons. The van der Waals surface area contributed by atoms with E-state index in [9.17, 15) is 4.79 Å². The van der Waals surface area contributed by atoms with Gasteiger partial charge in [0, 0.05) is 32.0 Å². The number of carbonyl (C=O) groups excluding carboxylic acids is 1. The van der Waals surface area contributed by atoms with Gasteiger partial charge in [-0.15, -0.1) is 0 Å². The number of carbonyl (C=O) groups is 1. The molecule has 0 aliphatic rings. The molecular weight excluding hydrogens is 252 g/mol. The van der Waals surface area contributed by atoms with Crippen LogP contribution < -0.4 is 10.6 Å². The Kier molecular flexibility index (Phi) is 7.73. The van der Waals surface area contributed by atoms with E-state index in [1.54, 1.807) is 0 Å². The van der Waals surface area contributed by atoms with Gasteiger partial charge in [-0.2, -0.15) is 0 Å². The smallest absolute Gasteiger partial charge is 0.253 e. The van der Waals surface area contributed by atoms with Gasteiger partial charge >= 0.3 is 0 Å². The van der Waals surface area contributed by atoms with Crippen molar-refractivity contribution in [2.24, 2.45) is 0 Å². The number of benzene rings is 1. The van der Waals surface area contributed by atoms with Crippen LogP contribution in [-0.4, -0.2) is 32.2 Å². The van der Waals surface area contributed by atoms with Gasteiger partial charge in [0.2, 0.25) is 0 Å². The maximum Gasteiger partial charge on any atom is 0.253 e. The largest absolute Gasteiger partial charge is 0.384 e. The minimum atomic E-state index is -0.0277. The highest BCUT2D eigenvalue weighted by Gasteiger charge is 2.10. The maximum atomic E-state index is 12.2. The lowest BCUT2D eigenvalue weighted by Gasteiger charge is -2.12. The molecule has 4 nitrogen and oxygen atoms in total. The summed E-state index contributed by atoms with van der Waals surface area (Å²) >= 11 is 0. The number of aryl methyl sites for hydroxylation is 1. The first-order valence-corrected chi connectivity index (χ1v) is 7.39. The van der Waals surface area contributed by atoms with Crippen LogP contribution in [-0.2, 0) is 4.74 Å². The average Bonchev–Trinajstić information content (AvgIpc) is 2.44. The second kappa shape index (κ2) is 9.37. The van der Waals surface area contributed by atoms with Crippen molar-refractivity contribution in [1.82, 2.24) is 5.32 Å². The predicted molar refractivity (Wildman–Crippen MR) is 83.4 cm³/mol. The molecule has 1 aromatic carbocycles. The van der Waals surface area contributed by atoms with Gasteiger partial charge in [-0.25, -0.2) is 0 Å². The van der Waals surface area contributed by atoms with Gasteiger partial charge in [-0.05, 0) is 44.4 Å². The highest BCUT2D eigenvalue weighted by molar-refractivity contribution is 5.99. The maximum absolute atomic E-state index is 12.2. The molecular formula is C16H26N2O2. The van der Waals surface area contributed by atoms with Gasteiger partial charge in [0.25, 0.3) is 5.91 Å². The van der Waals surface area contributed by atoms with Crippen LogP contribution in [0.4, 0.5) is 5.69 Å². The highest BCUT2D eigenvalue weighted by atomic mass is 16.5. The molecule has 1 rings (SSSR count). The van der Waals surface area contributed by atoms with Crippen LogP contribution in [0.25, 0.3) is 0 Å². The van der Waals surface area contributed by atoms with Crippen molar-refractivity contribution in [2.45, 2.75) is 33.6 Å². The number of anilines is 1. The highest BCUT2D eigenvalue weighted by Crippen LogP contribution is 2.17. The van der Waals surface area contributed by atoms with Crippen LogP contribution in [0.1, 0.15) is 42.6 Å². The molecule has 1 aromatic rings. The monoisotopic (exact) mass is 278 g/mol. The first-order chi connectivity index (χ1) is 9.69. The first-order valence-electron chi connectivity index (χ1n) is 7.39. The second-order valence-corrected chi connectivity index (χ2v) is 4.78. The molecule has 0 fully saturated rings. The van der Waals surface area contributed by atoms with Gasteiger partial charge in [0.1, 0.15) is 0 Å². The molecule has 2 N–H and O–H groups in total. The molecule has 0 aromatic heterocycles. The van der Waals surface area contributed by atoms with Crippen LogP contribution in [0, 0.1) is 6.92 Å². The van der Waals surface area contributed by atoms with Crippen molar-refractivity contribution >= 4 is 11.6 Å². The normalized spacial score (nSPS) is 10.3. The fourth-order valence-electron chi connectivity index (χ4n) is 1.88. The Morgan fingerprint density at radius 2 is 2.05 bits per heavy atom. The zero-order valence-corrected chi connectivity index (χ0v) is 12.8. The molecule has 0 bridgehead atoms. The molecule has 0 aliphatic heterocycles. The fraction of sp³-hybridized carbons (Fsp3) is 0.562. The van der Waals surface area contributed by atoms with E-state index in [0.717, 1.165) is 37.2 Å². The van der Waals surface area contributed by atoms with Crippen molar-refractivity contribution in [3.05, 3.63) is 29.3 Å². The van der Waals surface area contributed by atoms with Crippen molar-refractivity contribution in [2.75, 3.05) is 31.6 Å². The summed E-state index contributed by atoms with van der Waals surface area (Å²) in [5.41, 5.74) is 2.77. The number of ether oxygens (including phenoxy) is 1. The summed E-state index contributed by atoms with van der Waals surface area (Å²) in [7, 11) is 0. The van der Waals surface area contributed by atoms with E-state index in [1.165, 1.54) is 0 Å². The fourth-order valence-corrected chi connectivity index (χ4v) is 1.88. The van der Waals surface area contributed by atoms with Crippen LogP contribution in [0.2, 0.25) is 0 Å². The Balaban J connectivity index is 2.57. The van der Waals surface area contributed by atoms with Gasteiger partial charge in [-0.3, -0.25) is 4.79 Å². The number of hydrogen-bond donors (Lipinski definition) is 2. The SMILES string of the molecule is CCCNc1cc(C)ccc1C(=O)NCCCOCC. The average molecular weight is 278 g/mol. The molecule has 1 amide bonds. The minimum absolute atomic E-state index is 0.0277. The van der Waals surface area contributed by atoms with E-state index in [-0.39, 0.29) is 5.91 Å². The summed E-state index contributed by atoms with van der Waals surface area (Å²) in [6, 6.07) is 5.86. The third-order valence-corrected chi connectivity index (χ3v) is 2.94. The van der Waals surface area contributed by atoms with Crippen LogP contribution in [0.5, 0.6) is 0 Å². The first kappa shape index (κ1) is 16.5. The molecule has 0 unspecified atom stereocenters. The Labute approximate surface area is 121 Å². The standard InChI is InChI=1S/C16H26N2O2/c1-4-9-17-15-12-13(3)7-8-14(15)16(19)18-10-6-11-20-5-2/h7-8,12,17H,4-6,9-11H2,1-3H3,(H,18,19). The number of amides is 1. The summed E-state index contributed by atoms with van der Waals surface area (Å²) in [5.74, 6) is -0.0277. The lowest BCUT2D eigenvalue weighted by atomic mass is 10.1. The molecule has 20 heavy (non-hydrogen) atoms. The molecule has 0 heterocycles. The number of hydrogen-bond acceptors (Lipinski definition) is 3. The molecule has 0 saturated heterocycles. The quantitative estimate of drug-likeness (QED) is 0.683. The molecule has 0 saturated carbocycles. The third-order valence-electron chi connectivity index (χ3n) is 2.94. The summed E-state index contributed by atoms with van der Waals surface area (Å²) < 4.78 is 5.25. The van der Waals surface area contributed by atoms with E-state index in [4.69, 9.17) is 4.74 Å². The molecule has 4 heteroatoms. The zero-order chi connectivity index (χ0) is 14.8. The van der Waals surface area contributed by atoms with Crippen LogP contribution in [0.3, 0.4) is 0 Å². The van der Waals surface area contributed by atoms with Gasteiger partial charge < -0.3 is 15.4 Å². The Morgan fingerprint density at radius 3 is 2.75 bits per heavy atom. The number of nitrogens with one attached hydrogen (secondary N) is 2. The summed E-state index contributed by atoms with van der Waals surface area (Å²) in [5, 5.41) is 6.25. The topological polar surface area (TPSA) is 50.4 Å². The van der Waals surface area contributed by atoms with E-state index >= 15 is 0 Å². The Bertz CT molecular complexity index is 419. The van der Waals surface area contributed by atoms with Crippen molar-refractivity contribution in [1.29, 1.82) is 0 Å². The Morgan fingerprint density at radius 1 is 1.25 bits per heavy atom. The minimum Gasteiger partial charge on any atom is -0.384 e. The predicted octanol–water partition coefficient (Wildman–Crippen LogP) is 2.97. The van der Waals surface area contributed by atoms with Crippen LogP contribution in [0.15, 0.2) is 18.2 Å². The summed E-state index contributed by atoms with van der Waals surface area (Å²) in [6.07, 6.45) is 1.87. The van der Waals surface area contributed by atoms with Gasteiger partial charge in [-0.1, -0.05) is 13.0 Å². The Hall–Kier alpha value is -1.55. The summed E-state index contributed by atoms with van der Waals surface area (Å²) in [4.78, 5) is 12.2. The molecule has 0 radical (unpaired) electrons. The van der Waals surface area contributed by atoms with Gasteiger partial charge in [0.05, 0.1) is 5.56 Å². The lowest BCUT2D eigenvalue weighted by molar-refractivity contribution is 0.0945. The van der Waals surface area contributed by atoms with Crippen LogP contribution >= 0.6 is 0 Å². The van der Waals surface area contributed by atoms with Gasteiger partial charge in [0.15, 0.2) is 0 Å². The van der Waals surface area contributed by atoms with Crippen molar-refractivity contribution in [3.8, 4) is 0 Å². The van der Waals surface area contributed by atoms with E-state index < -0.39 is 0 Å². The van der Waals surface area contributed by atoms with Crippen molar-refractivity contribution in [3.63, 3.8) is 0 Å². The number of rotatable bonds is 9. The van der Waals surface area contributed by atoms with E-state index in [1.807, 2.05) is 32.0 Å². The second-order valence-electron chi connectivity index (χ2n) is 4.78. The van der Waals surface area contributed by atoms with E-state index in [0.29, 0.717) is 18.7 Å². The molecule has 0 atom stereocenters. The van der Waals surface area contributed by atoms with E-state index in [2.05, 4.69) is 17.6 Å².